The summed E-state index contributed by atoms with van der Waals surface area (Å²) in [6.07, 6.45) is 4.56. The van der Waals surface area contributed by atoms with Crippen LogP contribution in [0.25, 0.3) is 22.0 Å². The number of aromatic nitrogens is 1. The maximum atomic E-state index is 13.0. The van der Waals surface area contributed by atoms with Crippen LogP contribution in [0.15, 0.2) is 57.9 Å². The summed E-state index contributed by atoms with van der Waals surface area (Å²) in [5.41, 5.74) is 2.71. The monoisotopic (exact) mass is 387 g/mol. The Balaban J connectivity index is 1.97. The SMILES string of the molecule is O=c1c(-c2ccc(Cl)cc2)cn(CC2CC2)c2ccc(Br)cc12. The molecule has 2 aromatic carbocycles. The number of nitrogens with zero attached hydrogens (tertiary/aromatic N) is 1. The van der Waals surface area contributed by atoms with Crippen LogP contribution in [0.3, 0.4) is 0 Å². The summed E-state index contributed by atoms with van der Waals surface area (Å²) < 4.78 is 3.15. The molecule has 0 radical (unpaired) electrons. The molecule has 1 fully saturated rings. The van der Waals surface area contributed by atoms with Crippen LogP contribution in [0, 0.1) is 5.92 Å². The summed E-state index contributed by atoms with van der Waals surface area (Å²) >= 11 is 9.45. The van der Waals surface area contributed by atoms with Gasteiger partial charge in [0.25, 0.3) is 0 Å². The topological polar surface area (TPSA) is 22.0 Å². The molecule has 3 aromatic rings. The fourth-order valence-corrected chi connectivity index (χ4v) is 3.42. The molecule has 116 valence electrons. The standard InChI is InChI=1S/C19H15BrClNO/c20-14-5-8-18-16(9-14)19(23)17(11-22(18)10-12-1-2-12)13-3-6-15(21)7-4-13/h3-9,11-12H,1-2,10H2. The molecular weight excluding hydrogens is 374 g/mol. The molecule has 0 N–H and O–H groups in total. The van der Waals surface area contributed by atoms with Crippen molar-refractivity contribution >= 4 is 38.4 Å². The molecule has 0 spiro atoms. The van der Waals surface area contributed by atoms with Crippen LogP contribution in [0.1, 0.15) is 12.8 Å². The second-order valence-electron chi connectivity index (χ2n) is 6.14. The molecule has 4 heteroatoms. The summed E-state index contributed by atoms with van der Waals surface area (Å²) in [6.45, 7) is 0.971. The van der Waals surface area contributed by atoms with E-state index >= 15 is 0 Å². The molecule has 0 unspecified atom stereocenters. The number of benzene rings is 2. The summed E-state index contributed by atoms with van der Waals surface area (Å²) in [6, 6.07) is 13.4. The minimum absolute atomic E-state index is 0.0654. The Kier molecular flexibility index (Phi) is 3.78. The largest absolute Gasteiger partial charge is 0.346 e. The average molecular weight is 389 g/mol. The molecule has 0 atom stereocenters. The Bertz CT molecular complexity index is 942. The Morgan fingerprint density at radius 2 is 1.87 bits per heavy atom. The van der Waals surface area contributed by atoms with E-state index in [9.17, 15) is 4.79 Å². The molecule has 0 bridgehead atoms. The quantitative estimate of drug-likeness (QED) is 0.581. The van der Waals surface area contributed by atoms with E-state index in [1.54, 1.807) is 0 Å². The molecule has 23 heavy (non-hydrogen) atoms. The molecule has 0 aliphatic heterocycles. The van der Waals surface area contributed by atoms with Crippen LogP contribution in [0.5, 0.6) is 0 Å². The van der Waals surface area contributed by atoms with Crippen LogP contribution >= 0.6 is 27.5 Å². The van der Waals surface area contributed by atoms with Crippen molar-refractivity contribution in [2.45, 2.75) is 19.4 Å². The number of hydrogen-bond donors (Lipinski definition) is 0. The second kappa shape index (κ2) is 5.81. The predicted molar refractivity (Wildman–Crippen MR) is 99.1 cm³/mol. The average Bonchev–Trinajstić information content (AvgIpc) is 3.35. The van der Waals surface area contributed by atoms with Crippen LogP contribution in [0.4, 0.5) is 0 Å². The van der Waals surface area contributed by atoms with Crippen molar-refractivity contribution in [3.05, 3.63) is 68.4 Å². The van der Waals surface area contributed by atoms with E-state index in [-0.39, 0.29) is 5.43 Å². The lowest BCUT2D eigenvalue weighted by Crippen LogP contribution is -2.13. The zero-order chi connectivity index (χ0) is 16.0. The molecule has 1 aliphatic carbocycles. The highest BCUT2D eigenvalue weighted by Crippen LogP contribution is 2.32. The zero-order valence-electron chi connectivity index (χ0n) is 12.4. The number of rotatable bonds is 3. The van der Waals surface area contributed by atoms with Crippen molar-refractivity contribution in [3.63, 3.8) is 0 Å². The van der Waals surface area contributed by atoms with Crippen molar-refractivity contribution in [2.75, 3.05) is 0 Å². The van der Waals surface area contributed by atoms with Gasteiger partial charge in [0.15, 0.2) is 5.43 Å². The Hall–Kier alpha value is -1.58. The van der Waals surface area contributed by atoms with Crippen LogP contribution < -0.4 is 5.43 Å². The van der Waals surface area contributed by atoms with Gasteiger partial charge in [0, 0.05) is 33.2 Å². The van der Waals surface area contributed by atoms with Gasteiger partial charge in [0.2, 0.25) is 0 Å². The summed E-state index contributed by atoms with van der Waals surface area (Å²) in [4.78, 5) is 13.0. The fraction of sp³-hybridized carbons (Fsp3) is 0.211. The zero-order valence-corrected chi connectivity index (χ0v) is 14.8. The van der Waals surface area contributed by atoms with Gasteiger partial charge < -0.3 is 4.57 Å². The van der Waals surface area contributed by atoms with Crippen LogP contribution in [-0.4, -0.2) is 4.57 Å². The first kappa shape index (κ1) is 15.0. The van der Waals surface area contributed by atoms with Gasteiger partial charge >= 0.3 is 0 Å². The van der Waals surface area contributed by atoms with Crippen LogP contribution in [0.2, 0.25) is 5.02 Å². The lowest BCUT2D eigenvalue weighted by Gasteiger charge is -2.14. The fourth-order valence-electron chi connectivity index (χ4n) is 2.93. The first-order valence-electron chi connectivity index (χ1n) is 7.70. The molecule has 1 heterocycles. The van der Waals surface area contributed by atoms with E-state index in [1.165, 1.54) is 12.8 Å². The van der Waals surface area contributed by atoms with Gasteiger partial charge in [0.1, 0.15) is 0 Å². The van der Waals surface area contributed by atoms with E-state index in [0.29, 0.717) is 5.02 Å². The minimum Gasteiger partial charge on any atom is -0.346 e. The molecule has 0 amide bonds. The van der Waals surface area contributed by atoms with E-state index in [4.69, 9.17) is 11.6 Å². The molecule has 1 saturated carbocycles. The van der Waals surface area contributed by atoms with Gasteiger partial charge in [-0.25, -0.2) is 0 Å². The molecule has 4 rings (SSSR count). The lowest BCUT2D eigenvalue weighted by atomic mass is 10.0. The van der Waals surface area contributed by atoms with Crippen molar-refractivity contribution in [1.29, 1.82) is 0 Å². The van der Waals surface area contributed by atoms with E-state index in [1.807, 2.05) is 48.7 Å². The predicted octanol–water partition coefficient (Wildman–Crippen LogP) is 5.49. The van der Waals surface area contributed by atoms with Gasteiger partial charge in [-0.15, -0.1) is 0 Å². The molecular formula is C19H15BrClNO. The second-order valence-corrected chi connectivity index (χ2v) is 7.49. The van der Waals surface area contributed by atoms with Gasteiger partial charge in [-0.3, -0.25) is 4.79 Å². The maximum absolute atomic E-state index is 13.0. The van der Waals surface area contributed by atoms with Gasteiger partial charge in [0.05, 0.1) is 5.52 Å². The lowest BCUT2D eigenvalue weighted by molar-refractivity contribution is 0.643. The summed E-state index contributed by atoms with van der Waals surface area (Å²) in [5.74, 6) is 0.738. The Labute approximate surface area is 147 Å². The number of hydrogen-bond acceptors (Lipinski definition) is 1. The van der Waals surface area contributed by atoms with Crippen LogP contribution in [-0.2, 0) is 6.54 Å². The van der Waals surface area contributed by atoms with Crippen molar-refractivity contribution in [3.8, 4) is 11.1 Å². The Morgan fingerprint density at radius 3 is 2.57 bits per heavy atom. The van der Waals surface area contributed by atoms with Crippen molar-refractivity contribution < 1.29 is 0 Å². The molecule has 0 saturated heterocycles. The highest BCUT2D eigenvalue weighted by atomic mass is 79.9. The first-order valence-corrected chi connectivity index (χ1v) is 8.87. The van der Waals surface area contributed by atoms with E-state index in [0.717, 1.165) is 39.0 Å². The molecule has 2 nitrogen and oxygen atoms in total. The molecule has 1 aliphatic rings. The highest BCUT2D eigenvalue weighted by Gasteiger charge is 2.23. The van der Waals surface area contributed by atoms with Gasteiger partial charge in [-0.2, -0.15) is 0 Å². The minimum atomic E-state index is 0.0654. The molecule has 1 aromatic heterocycles. The van der Waals surface area contributed by atoms with Gasteiger partial charge in [-0.1, -0.05) is 39.7 Å². The van der Waals surface area contributed by atoms with E-state index in [2.05, 4.69) is 20.5 Å². The van der Waals surface area contributed by atoms with E-state index < -0.39 is 0 Å². The third-order valence-electron chi connectivity index (χ3n) is 4.35. The maximum Gasteiger partial charge on any atom is 0.197 e. The third-order valence-corrected chi connectivity index (χ3v) is 5.09. The Morgan fingerprint density at radius 1 is 1.13 bits per heavy atom. The number of fused-ring (bicyclic) bond motifs is 1. The van der Waals surface area contributed by atoms with Crippen molar-refractivity contribution in [2.24, 2.45) is 5.92 Å². The number of pyridine rings is 1. The summed E-state index contributed by atoms with van der Waals surface area (Å²) in [7, 11) is 0. The van der Waals surface area contributed by atoms with Crippen molar-refractivity contribution in [1.82, 2.24) is 4.57 Å². The smallest absolute Gasteiger partial charge is 0.197 e. The first-order chi connectivity index (χ1) is 11.1. The normalized spacial score (nSPS) is 14.3. The van der Waals surface area contributed by atoms with Gasteiger partial charge in [-0.05, 0) is 54.7 Å². The third kappa shape index (κ3) is 2.96. The number of halogens is 2. The summed E-state index contributed by atoms with van der Waals surface area (Å²) in [5, 5.41) is 1.43. The highest BCUT2D eigenvalue weighted by molar-refractivity contribution is 9.10.